The Balaban J connectivity index is 1.65. The highest BCUT2D eigenvalue weighted by Crippen LogP contribution is 2.25. The molecule has 0 heterocycles. The second-order valence-electron chi connectivity index (χ2n) is 5.67. The molecule has 0 bridgehead atoms. The lowest BCUT2D eigenvalue weighted by atomic mass is 10.2. The molecule has 7 heteroatoms. The number of ether oxygens (including phenoxy) is 1. The highest BCUT2D eigenvalue weighted by atomic mass is 32.2. The van der Waals surface area contributed by atoms with Crippen LogP contribution in [0.2, 0.25) is 0 Å². The summed E-state index contributed by atoms with van der Waals surface area (Å²) in [5.41, 5.74) is 7.63. The van der Waals surface area contributed by atoms with Crippen molar-refractivity contribution in [3.63, 3.8) is 0 Å². The molecule has 0 saturated carbocycles. The van der Waals surface area contributed by atoms with Crippen LogP contribution in [0.15, 0.2) is 83.0 Å². The van der Waals surface area contributed by atoms with Gasteiger partial charge in [0.25, 0.3) is 0 Å². The summed E-state index contributed by atoms with van der Waals surface area (Å²) in [4.78, 5) is 0. The van der Waals surface area contributed by atoms with E-state index in [2.05, 4.69) is 10.2 Å². The molecule has 0 saturated heterocycles. The zero-order valence-corrected chi connectivity index (χ0v) is 15.6. The molecule has 3 rings (SSSR count). The number of para-hydroxylation sites is 1. The number of hydrogen-bond acceptors (Lipinski definition) is 4. The van der Waals surface area contributed by atoms with E-state index in [-0.39, 0.29) is 5.75 Å². The molecular formula is C21H17F2N3OS. The van der Waals surface area contributed by atoms with Gasteiger partial charge >= 0.3 is 0 Å². The van der Waals surface area contributed by atoms with Crippen molar-refractivity contribution in [3.8, 4) is 11.5 Å². The molecule has 0 amide bonds. The Morgan fingerprint density at radius 2 is 1.71 bits per heavy atom. The maximum atomic E-state index is 13.4. The van der Waals surface area contributed by atoms with E-state index in [0.29, 0.717) is 22.2 Å². The van der Waals surface area contributed by atoms with Crippen LogP contribution >= 0.6 is 11.8 Å². The zero-order valence-electron chi connectivity index (χ0n) is 14.8. The van der Waals surface area contributed by atoms with Crippen molar-refractivity contribution in [3.05, 3.63) is 95.6 Å². The monoisotopic (exact) mass is 397 g/mol. The van der Waals surface area contributed by atoms with E-state index in [9.17, 15) is 8.78 Å². The fourth-order valence-electron chi connectivity index (χ4n) is 2.26. The number of benzene rings is 3. The van der Waals surface area contributed by atoms with E-state index < -0.39 is 11.6 Å². The lowest BCUT2D eigenvalue weighted by Crippen LogP contribution is -2.06. The molecule has 142 valence electrons. The van der Waals surface area contributed by atoms with Gasteiger partial charge in [-0.15, -0.1) is 5.10 Å². The summed E-state index contributed by atoms with van der Waals surface area (Å²) in [6, 6.07) is 20.3. The summed E-state index contributed by atoms with van der Waals surface area (Å²) in [6.45, 7) is 0. The fourth-order valence-corrected chi connectivity index (χ4v) is 2.87. The van der Waals surface area contributed by atoms with Crippen molar-refractivity contribution in [2.75, 3.05) is 0 Å². The number of rotatable bonds is 6. The van der Waals surface area contributed by atoms with Crippen LogP contribution in [0, 0.1) is 11.6 Å². The molecule has 0 atom stereocenters. The third kappa shape index (κ3) is 5.65. The summed E-state index contributed by atoms with van der Waals surface area (Å²) in [6.07, 6.45) is 1.49. The minimum atomic E-state index is -0.975. The number of nitrogens with zero attached hydrogens (tertiary/aromatic N) is 2. The summed E-state index contributed by atoms with van der Waals surface area (Å²) in [7, 11) is 0. The minimum Gasteiger partial charge on any atom is -0.457 e. The molecule has 0 aromatic heterocycles. The molecule has 0 aliphatic heterocycles. The van der Waals surface area contributed by atoms with Gasteiger partial charge in [-0.1, -0.05) is 54.2 Å². The summed E-state index contributed by atoms with van der Waals surface area (Å²) < 4.78 is 32.0. The number of nitrogens with two attached hydrogens (primary N) is 1. The SMILES string of the molecule is NC(=NN=Cc1ccccc1Oc1ccc(F)c(F)c1)SCc1ccccc1. The molecular weight excluding hydrogens is 380 g/mol. The highest BCUT2D eigenvalue weighted by molar-refractivity contribution is 8.13. The first-order valence-corrected chi connectivity index (χ1v) is 9.35. The first-order chi connectivity index (χ1) is 13.6. The molecule has 3 aromatic rings. The van der Waals surface area contributed by atoms with Crippen LogP contribution < -0.4 is 10.5 Å². The fraction of sp³-hybridized carbons (Fsp3) is 0.0476. The third-order valence-electron chi connectivity index (χ3n) is 3.62. The Hall–Kier alpha value is -3.19. The van der Waals surface area contributed by atoms with Crippen LogP contribution in [0.25, 0.3) is 0 Å². The minimum absolute atomic E-state index is 0.182. The molecule has 3 aromatic carbocycles. The van der Waals surface area contributed by atoms with Gasteiger partial charge in [0.2, 0.25) is 0 Å². The van der Waals surface area contributed by atoms with Crippen LogP contribution in [0.5, 0.6) is 11.5 Å². The van der Waals surface area contributed by atoms with Crippen molar-refractivity contribution in [2.45, 2.75) is 5.75 Å². The Labute approximate surface area is 165 Å². The quantitative estimate of drug-likeness (QED) is 0.347. The average Bonchev–Trinajstić information content (AvgIpc) is 2.71. The lowest BCUT2D eigenvalue weighted by molar-refractivity contribution is 0.461. The van der Waals surface area contributed by atoms with E-state index in [1.54, 1.807) is 24.3 Å². The first kappa shape index (κ1) is 19.6. The predicted octanol–water partition coefficient (Wildman–Crippen LogP) is 5.34. The second kappa shape index (κ2) is 9.66. The summed E-state index contributed by atoms with van der Waals surface area (Å²) in [5.74, 6) is -0.595. The molecule has 0 aliphatic carbocycles. The normalized spacial score (nSPS) is 11.7. The molecule has 0 spiro atoms. The van der Waals surface area contributed by atoms with Crippen LogP contribution in [-0.2, 0) is 5.75 Å². The van der Waals surface area contributed by atoms with Gasteiger partial charge < -0.3 is 10.5 Å². The standard InChI is InChI=1S/C21H17F2N3OS/c22-18-11-10-17(12-19(18)23)27-20-9-5-4-8-16(20)13-25-26-21(24)28-14-15-6-2-1-3-7-15/h1-13H,14H2,(H2,24,26). The smallest absolute Gasteiger partial charge is 0.180 e. The van der Waals surface area contributed by atoms with Crippen LogP contribution in [0.3, 0.4) is 0 Å². The maximum Gasteiger partial charge on any atom is 0.180 e. The van der Waals surface area contributed by atoms with Gasteiger partial charge in [-0.25, -0.2) is 8.78 Å². The van der Waals surface area contributed by atoms with E-state index in [4.69, 9.17) is 10.5 Å². The summed E-state index contributed by atoms with van der Waals surface area (Å²) in [5, 5.41) is 8.29. The van der Waals surface area contributed by atoms with E-state index in [0.717, 1.165) is 17.7 Å². The maximum absolute atomic E-state index is 13.4. The van der Waals surface area contributed by atoms with Gasteiger partial charge in [0.05, 0.1) is 6.21 Å². The molecule has 0 fully saturated rings. The van der Waals surface area contributed by atoms with Gasteiger partial charge in [0, 0.05) is 17.4 Å². The van der Waals surface area contributed by atoms with E-state index >= 15 is 0 Å². The molecule has 0 radical (unpaired) electrons. The van der Waals surface area contributed by atoms with Gasteiger partial charge in [0.15, 0.2) is 16.8 Å². The Morgan fingerprint density at radius 3 is 2.50 bits per heavy atom. The van der Waals surface area contributed by atoms with Crippen molar-refractivity contribution in [1.82, 2.24) is 0 Å². The van der Waals surface area contributed by atoms with Crippen LogP contribution in [0.1, 0.15) is 11.1 Å². The van der Waals surface area contributed by atoms with Crippen molar-refractivity contribution in [1.29, 1.82) is 0 Å². The van der Waals surface area contributed by atoms with Crippen molar-refractivity contribution < 1.29 is 13.5 Å². The number of amidine groups is 1. The molecule has 0 unspecified atom stereocenters. The van der Waals surface area contributed by atoms with Gasteiger partial charge in [-0.3, -0.25) is 0 Å². The number of halogens is 2. The topological polar surface area (TPSA) is 60.0 Å². The Morgan fingerprint density at radius 1 is 0.964 bits per heavy atom. The largest absolute Gasteiger partial charge is 0.457 e. The highest BCUT2D eigenvalue weighted by Gasteiger charge is 2.06. The number of hydrogen-bond donors (Lipinski definition) is 1. The first-order valence-electron chi connectivity index (χ1n) is 8.37. The number of thioether (sulfide) groups is 1. The predicted molar refractivity (Wildman–Crippen MR) is 110 cm³/mol. The average molecular weight is 397 g/mol. The molecule has 28 heavy (non-hydrogen) atoms. The summed E-state index contributed by atoms with van der Waals surface area (Å²) >= 11 is 1.38. The van der Waals surface area contributed by atoms with Gasteiger partial charge in [0.1, 0.15) is 11.5 Å². The lowest BCUT2D eigenvalue weighted by Gasteiger charge is -2.08. The molecule has 4 nitrogen and oxygen atoms in total. The zero-order chi connectivity index (χ0) is 19.8. The van der Waals surface area contributed by atoms with Crippen molar-refractivity contribution >= 4 is 23.1 Å². The Bertz CT molecular complexity index is 994. The van der Waals surface area contributed by atoms with Gasteiger partial charge in [-0.05, 0) is 29.8 Å². The molecule has 0 aliphatic rings. The van der Waals surface area contributed by atoms with Crippen LogP contribution in [-0.4, -0.2) is 11.4 Å². The van der Waals surface area contributed by atoms with Crippen LogP contribution in [0.4, 0.5) is 8.78 Å². The molecule has 2 N–H and O–H groups in total. The van der Waals surface area contributed by atoms with E-state index in [1.165, 1.54) is 24.0 Å². The second-order valence-corrected chi connectivity index (χ2v) is 6.67. The van der Waals surface area contributed by atoms with Crippen molar-refractivity contribution in [2.24, 2.45) is 15.9 Å². The van der Waals surface area contributed by atoms with E-state index in [1.807, 2.05) is 30.3 Å². The Kier molecular flexibility index (Phi) is 6.75. The third-order valence-corrected chi connectivity index (χ3v) is 4.48. The van der Waals surface area contributed by atoms with Gasteiger partial charge in [-0.2, -0.15) is 5.10 Å².